The van der Waals surface area contributed by atoms with Gasteiger partial charge >= 0.3 is 0 Å². The highest BCUT2D eigenvalue weighted by Crippen LogP contribution is 2.30. The van der Waals surface area contributed by atoms with E-state index in [1.165, 1.54) is 27.8 Å². The van der Waals surface area contributed by atoms with Crippen molar-refractivity contribution in [2.75, 3.05) is 18.4 Å². The molecule has 158 valence electrons. The van der Waals surface area contributed by atoms with Crippen LogP contribution in [0.3, 0.4) is 0 Å². The molecule has 1 aromatic heterocycles. The number of benzene rings is 2. The Labute approximate surface area is 181 Å². The van der Waals surface area contributed by atoms with Gasteiger partial charge < -0.3 is 0 Å². The van der Waals surface area contributed by atoms with Crippen LogP contribution in [-0.4, -0.2) is 36.7 Å². The number of sulfonamides is 1. The van der Waals surface area contributed by atoms with Crippen molar-refractivity contribution >= 4 is 42.6 Å². The van der Waals surface area contributed by atoms with E-state index in [9.17, 15) is 13.2 Å². The summed E-state index contributed by atoms with van der Waals surface area (Å²) < 4.78 is 28.2. The molecule has 1 N–H and O–H groups in total. The SMILES string of the molecule is Cc1cc(C)c2nc(NC(=O)c3ccc(S(=O)(=O)N4CCC(C)CC4)cc3)sc2c1. The smallest absolute Gasteiger partial charge is 0.257 e. The van der Waals surface area contributed by atoms with Gasteiger partial charge in [0.1, 0.15) is 0 Å². The molecule has 1 fully saturated rings. The largest absolute Gasteiger partial charge is 0.298 e. The first-order valence-electron chi connectivity index (χ1n) is 10.0. The predicted molar refractivity (Wildman–Crippen MR) is 121 cm³/mol. The molecule has 0 radical (unpaired) electrons. The van der Waals surface area contributed by atoms with Gasteiger partial charge in [-0.3, -0.25) is 10.1 Å². The number of hydrogen-bond donors (Lipinski definition) is 1. The predicted octanol–water partition coefficient (Wildman–Crippen LogP) is 4.59. The Morgan fingerprint density at radius 2 is 1.80 bits per heavy atom. The summed E-state index contributed by atoms with van der Waals surface area (Å²) in [5.41, 5.74) is 3.51. The quantitative estimate of drug-likeness (QED) is 0.640. The zero-order valence-electron chi connectivity index (χ0n) is 17.3. The number of thiazole rings is 1. The van der Waals surface area contributed by atoms with Crippen molar-refractivity contribution in [3.63, 3.8) is 0 Å². The van der Waals surface area contributed by atoms with Gasteiger partial charge in [-0.05, 0) is 74.1 Å². The van der Waals surface area contributed by atoms with Crippen LogP contribution in [0.5, 0.6) is 0 Å². The monoisotopic (exact) mass is 443 g/mol. The summed E-state index contributed by atoms with van der Waals surface area (Å²) in [6, 6.07) is 10.2. The Balaban J connectivity index is 1.50. The van der Waals surface area contributed by atoms with Crippen LogP contribution < -0.4 is 5.32 Å². The summed E-state index contributed by atoms with van der Waals surface area (Å²) in [5, 5.41) is 3.36. The summed E-state index contributed by atoms with van der Waals surface area (Å²) in [6.45, 7) is 7.27. The molecule has 30 heavy (non-hydrogen) atoms. The van der Waals surface area contributed by atoms with Crippen molar-refractivity contribution in [2.45, 2.75) is 38.5 Å². The van der Waals surface area contributed by atoms with Crippen molar-refractivity contribution in [1.82, 2.24) is 9.29 Å². The van der Waals surface area contributed by atoms with Gasteiger partial charge in [0.25, 0.3) is 5.91 Å². The van der Waals surface area contributed by atoms with Crippen LogP contribution in [0.15, 0.2) is 41.3 Å². The summed E-state index contributed by atoms with van der Waals surface area (Å²) >= 11 is 1.43. The summed E-state index contributed by atoms with van der Waals surface area (Å²) in [7, 11) is -3.52. The zero-order chi connectivity index (χ0) is 21.5. The van der Waals surface area contributed by atoms with Crippen LogP contribution in [0.25, 0.3) is 10.2 Å². The Bertz CT molecular complexity index is 1190. The lowest BCUT2D eigenvalue weighted by Crippen LogP contribution is -2.37. The number of nitrogens with one attached hydrogen (secondary N) is 1. The Morgan fingerprint density at radius 1 is 1.13 bits per heavy atom. The van der Waals surface area contributed by atoms with Crippen LogP contribution >= 0.6 is 11.3 Å². The third-order valence-corrected chi connectivity index (χ3v) is 8.38. The maximum atomic E-state index is 12.8. The Morgan fingerprint density at radius 3 is 2.47 bits per heavy atom. The molecule has 0 unspecified atom stereocenters. The third kappa shape index (κ3) is 4.12. The minimum Gasteiger partial charge on any atom is -0.298 e. The number of aryl methyl sites for hydroxylation is 2. The fraction of sp³-hybridized carbons (Fsp3) is 0.364. The average molecular weight is 444 g/mol. The number of anilines is 1. The Kier molecular flexibility index (Phi) is 5.65. The highest BCUT2D eigenvalue weighted by molar-refractivity contribution is 7.89. The molecule has 0 bridgehead atoms. The van der Waals surface area contributed by atoms with E-state index in [0.717, 1.165) is 34.2 Å². The molecule has 8 heteroatoms. The average Bonchev–Trinajstić information content (AvgIpc) is 3.11. The molecular formula is C22H25N3O3S2. The number of carbonyl (C=O) groups excluding carboxylic acids is 1. The second kappa shape index (κ2) is 8.09. The van der Waals surface area contributed by atoms with E-state index < -0.39 is 10.0 Å². The lowest BCUT2D eigenvalue weighted by molar-refractivity contribution is 0.102. The van der Waals surface area contributed by atoms with Gasteiger partial charge in [-0.25, -0.2) is 13.4 Å². The van der Waals surface area contributed by atoms with Crippen molar-refractivity contribution < 1.29 is 13.2 Å². The molecule has 0 aliphatic carbocycles. The van der Waals surface area contributed by atoms with E-state index in [2.05, 4.69) is 29.4 Å². The maximum Gasteiger partial charge on any atom is 0.257 e. The summed E-state index contributed by atoms with van der Waals surface area (Å²) in [4.78, 5) is 17.4. The van der Waals surface area contributed by atoms with E-state index in [4.69, 9.17) is 0 Å². The molecule has 1 saturated heterocycles. The van der Waals surface area contributed by atoms with Gasteiger partial charge in [-0.1, -0.05) is 24.3 Å². The van der Waals surface area contributed by atoms with Crippen LogP contribution in [0, 0.1) is 19.8 Å². The van der Waals surface area contributed by atoms with Crippen molar-refractivity contribution in [3.05, 3.63) is 53.1 Å². The molecule has 3 aromatic rings. The fourth-order valence-corrected chi connectivity index (χ4v) is 6.25. The van der Waals surface area contributed by atoms with Crippen LogP contribution in [0.4, 0.5) is 5.13 Å². The molecule has 0 atom stereocenters. The standard InChI is InChI=1S/C22H25N3O3S2/c1-14-8-10-25(11-9-14)30(27,28)18-6-4-17(5-7-18)21(26)24-22-23-20-16(3)12-15(2)13-19(20)29-22/h4-7,12-14H,8-11H2,1-3H3,(H,23,24,26). The topological polar surface area (TPSA) is 79.4 Å². The zero-order valence-corrected chi connectivity index (χ0v) is 18.9. The number of fused-ring (bicyclic) bond motifs is 1. The fourth-order valence-electron chi connectivity index (χ4n) is 3.75. The van der Waals surface area contributed by atoms with Gasteiger partial charge in [0.15, 0.2) is 5.13 Å². The maximum absolute atomic E-state index is 12.8. The van der Waals surface area contributed by atoms with Crippen molar-refractivity contribution in [2.24, 2.45) is 5.92 Å². The van der Waals surface area contributed by atoms with Crippen LogP contribution in [0.2, 0.25) is 0 Å². The van der Waals surface area contributed by atoms with E-state index >= 15 is 0 Å². The number of piperidine rings is 1. The van der Waals surface area contributed by atoms with Gasteiger partial charge in [-0.2, -0.15) is 4.31 Å². The normalized spacial score (nSPS) is 16.1. The molecular weight excluding hydrogens is 418 g/mol. The minimum atomic E-state index is -3.52. The second-order valence-corrected chi connectivity index (χ2v) is 11.0. The van der Waals surface area contributed by atoms with Crippen molar-refractivity contribution in [3.8, 4) is 0 Å². The summed E-state index contributed by atoms with van der Waals surface area (Å²) in [5.74, 6) is 0.247. The molecule has 4 rings (SSSR count). The molecule has 1 aliphatic heterocycles. The lowest BCUT2D eigenvalue weighted by atomic mass is 10.0. The number of rotatable bonds is 4. The first kappa shape index (κ1) is 21.0. The third-order valence-electron chi connectivity index (χ3n) is 5.55. The molecule has 1 aliphatic rings. The first-order valence-corrected chi connectivity index (χ1v) is 12.3. The van der Waals surface area contributed by atoms with Gasteiger partial charge in [0.2, 0.25) is 10.0 Å². The van der Waals surface area contributed by atoms with Gasteiger partial charge in [0.05, 0.1) is 15.1 Å². The molecule has 6 nitrogen and oxygen atoms in total. The van der Waals surface area contributed by atoms with E-state index in [-0.39, 0.29) is 10.8 Å². The number of aromatic nitrogens is 1. The molecule has 0 spiro atoms. The molecule has 2 heterocycles. The minimum absolute atomic E-state index is 0.222. The molecule has 1 amide bonds. The number of hydrogen-bond acceptors (Lipinski definition) is 5. The van der Waals surface area contributed by atoms with Crippen LogP contribution in [0.1, 0.15) is 41.3 Å². The first-order chi connectivity index (χ1) is 14.2. The Hall–Kier alpha value is -2.29. The second-order valence-electron chi connectivity index (χ2n) is 8.01. The van der Waals surface area contributed by atoms with Crippen molar-refractivity contribution in [1.29, 1.82) is 0 Å². The van der Waals surface area contributed by atoms with Crippen LogP contribution in [-0.2, 0) is 10.0 Å². The highest BCUT2D eigenvalue weighted by Gasteiger charge is 2.28. The van der Waals surface area contributed by atoms with Gasteiger partial charge in [-0.15, -0.1) is 0 Å². The highest BCUT2D eigenvalue weighted by atomic mass is 32.2. The summed E-state index contributed by atoms with van der Waals surface area (Å²) in [6.07, 6.45) is 1.75. The number of carbonyl (C=O) groups is 1. The number of amides is 1. The number of nitrogens with zero attached hydrogens (tertiary/aromatic N) is 2. The van der Waals surface area contributed by atoms with E-state index in [1.54, 1.807) is 12.1 Å². The lowest BCUT2D eigenvalue weighted by Gasteiger charge is -2.29. The molecule has 2 aromatic carbocycles. The van der Waals surface area contributed by atoms with E-state index in [0.29, 0.717) is 29.7 Å². The van der Waals surface area contributed by atoms with E-state index in [1.807, 2.05) is 13.8 Å². The van der Waals surface area contributed by atoms with Gasteiger partial charge in [0, 0.05) is 18.7 Å². The molecule has 0 saturated carbocycles.